The Kier molecular flexibility index (Phi) is 3.59. The molecule has 1 aliphatic heterocycles. The number of carbonyl (C=O) groups is 1. The fourth-order valence-electron chi connectivity index (χ4n) is 2.47. The summed E-state index contributed by atoms with van der Waals surface area (Å²) in [7, 11) is 0. The summed E-state index contributed by atoms with van der Waals surface area (Å²) in [5.74, 6) is 1.40. The summed E-state index contributed by atoms with van der Waals surface area (Å²) >= 11 is 0. The van der Waals surface area contributed by atoms with E-state index in [1.807, 2.05) is 30.3 Å². The number of amides is 2. The predicted octanol–water partition coefficient (Wildman–Crippen LogP) is 3.17. The summed E-state index contributed by atoms with van der Waals surface area (Å²) in [5.41, 5.74) is 1.26. The highest BCUT2D eigenvalue weighted by atomic mass is 16.5. The van der Waals surface area contributed by atoms with Crippen LogP contribution in [-0.2, 0) is 0 Å². The minimum Gasteiger partial charge on any atom is -0.488 e. The molecule has 1 aromatic carbocycles. The standard InChI is InChI=1S/C17H14N4O3/c22-17(19-12-4-2-1-3-5-12)21-9-11-23-14-7-6-13(20-15(14)21)16-18-8-10-24-16/h1-8,10H,9,11H2,(H,19,22). The van der Waals surface area contributed by atoms with Gasteiger partial charge in [0.05, 0.1) is 12.7 Å². The molecule has 2 aromatic heterocycles. The van der Waals surface area contributed by atoms with E-state index in [9.17, 15) is 4.79 Å². The molecule has 0 aliphatic carbocycles. The molecular formula is C17H14N4O3. The van der Waals surface area contributed by atoms with Crippen molar-refractivity contribution in [2.45, 2.75) is 0 Å². The number of pyridine rings is 1. The van der Waals surface area contributed by atoms with E-state index < -0.39 is 0 Å². The Hall–Kier alpha value is -3.35. The van der Waals surface area contributed by atoms with E-state index in [-0.39, 0.29) is 6.03 Å². The molecule has 7 heteroatoms. The number of rotatable bonds is 2. The van der Waals surface area contributed by atoms with E-state index in [0.29, 0.717) is 36.3 Å². The summed E-state index contributed by atoms with van der Waals surface area (Å²) in [6.07, 6.45) is 3.03. The van der Waals surface area contributed by atoms with Crippen LogP contribution >= 0.6 is 0 Å². The highest BCUT2D eigenvalue weighted by Gasteiger charge is 2.26. The zero-order valence-corrected chi connectivity index (χ0v) is 12.7. The second kappa shape index (κ2) is 6.04. The number of urea groups is 1. The molecular weight excluding hydrogens is 308 g/mol. The van der Waals surface area contributed by atoms with Gasteiger partial charge in [0, 0.05) is 5.69 Å². The minimum atomic E-state index is -0.261. The zero-order chi connectivity index (χ0) is 16.4. The Labute approximate surface area is 137 Å². The molecule has 0 fully saturated rings. The Morgan fingerprint density at radius 3 is 2.83 bits per heavy atom. The molecule has 0 bridgehead atoms. The zero-order valence-electron chi connectivity index (χ0n) is 12.7. The molecule has 24 heavy (non-hydrogen) atoms. The van der Waals surface area contributed by atoms with Crippen LogP contribution in [0.5, 0.6) is 5.75 Å². The maximum absolute atomic E-state index is 12.6. The van der Waals surface area contributed by atoms with E-state index in [1.165, 1.54) is 6.26 Å². The van der Waals surface area contributed by atoms with Crippen LogP contribution in [-0.4, -0.2) is 29.2 Å². The number of fused-ring (bicyclic) bond motifs is 1. The van der Waals surface area contributed by atoms with Gasteiger partial charge in [-0.3, -0.25) is 4.90 Å². The summed E-state index contributed by atoms with van der Waals surface area (Å²) in [6.45, 7) is 0.822. The first-order chi connectivity index (χ1) is 11.8. The van der Waals surface area contributed by atoms with Crippen molar-refractivity contribution in [1.29, 1.82) is 0 Å². The van der Waals surface area contributed by atoms with Crippen LogP contribution in [0.4, 0.5) is 16.3 Å². The van der Waals surface area contributed by atoms with Gasteiger partial charge in [-0.15, -0.1) is 0 Å². The van der Waals surface area contributed by atoms with Crippen LogP contribution in [0, 0.1) is 0 Å². The predicted molar refractivity (Wildman–Crippen MR) is 88.0 cm³/mol. The fourth-order valence-corrected chi connectivity index (χ4v) is 2.47. The highest BCUT2D eigenvalue weighted by Crippen LogP contribution is 2.32. The van der Waals surface area contributed by atoms with Crippen LogP contribution in [0.25, 0.3) is 11.6 Å². The molecule has 120 valence electrons. The molecule has 4 rings (SSSR count). The number of aromatic nitrogens is 2. The van der Waals surface area contributed by atoms with E-state index in [0.717, 1.165) is 5.69 Å². The van der Waals surface area contributed by atoms with Gasteiger partial charge < -0.3 is 14.5 Å². The van der Waals surface area contributed by atoms with Crippen molar-refractivity contribution in [2.24, 2.45) is 0 Å². The Morgan fingerprint density at radius 2 is 2.04 bits per heavy atom. The van der Waals surface area contributed by atoms with E-state index in [2.05, 4.69) is 15.3 Å². The maximum atomic E-state index is 12.6. The average molecular weight is 322 g/mol. The summed E-state index contributed by atoms with van der Waals surface area (Å²) in [5, 5.41) is 2.86. The fraction of sp³-hybridized carbons (Fsp3) is 0.118. The number of para-hydroxylation sites is 1. The van der Waals surface area contributed by atoms with Crippen molar-refractivity contribution in [3.05, 3.63) is 54.9 Å². The van der Waals surface area contributed by atoms with Crippen molar-refractivity contribution in [3.63, 3.8) is 0 Å². The lowest BCUT2D eigenvalue weighted by Gasteiger charge is -2.28. The van der Waals surface area contributed by atoms with Gasteiger partial charge in [0.25, 0.3) is 0 Å². The largest absolute Gasteiger partial charge is 0.488 e. The van der Waals surface area contributed by atoms with Crippen molar-refractivity contribution < 1.29 is 13.9 Å². The Morgan fingerprint density at radius 1 is 1.17 bits per heavy atom. The quantitative estimate of drug-likeness (QED) is 0.784. The molecule has 3 heterocycles. The Bertz CT molecular complexity index is 850. The number of ether oxygens (including phenoxy) is 1. The van der Waals surface area contributed by atoms with Gasteiger partial charge in [0.1, 0.15) is 18.6 Å². The lowest BCUT2D eigenvalue weighted by Crippen LogP contribution is -2.41. The van der Waals surface area contributed by atoms with E-state index in [1.54, 1.807) is 23.2 Å². The van der Waals surface area contributed by atoms with Gasteiger partial charge in [-0.25, -0.2) is 14.8 Å². The van der Waals surface area contributed by atoms with Crippen LogP contribution in [0.15, 0.2) is 59.3 Å². The smallest absolute Gasteiger partial charge is 0.327 e. The topological polar surface area (TPSA) is 80.5 Å². The molecule has 1 N–H and O–H groups in total. The number of oxazole rings is 1. The molecule has 0 saturated heterocycles. The molecule has 0 radical (unpaired) electrons. The van der Waals surface area contributed by atoms with Gasteiger partial charge in [-0.05, 0) is 24.3 Å². The molecule has 0 spiro atoms. The molecule has 3 aromatic rings. The molecule has 1 aliphatic rings. The SMILES string of the molecule is O=C(Nc1ccccc1)N1CCOc2ccc(-c3ncco3)nc21. The van der Waals surface area contributed by atoms with E-state index >= 15 is 0 Å². The van der Waals surface area contributed by atoms with Crippen LogP contribution < -0.4 is 15.0 Å². The van der Waals surface area contributed by atoms with Crippen molar-refractivity contribution in [1.82, 2.24) is 9.97 Å². The second-order valence-corrected chi connectivity index (χ2v) is 5.15. The maximum Gasteiger partial charge on any atom is 0.327 e. The lowest BCUT2D eigenvalue weighted by atomic mass is 10.3. The third-order valence-corrected chi connectivity index (χ3v) is 3.59. The Balaban J connectivity index is 1.64. The third kappa shape index (κ3) is 2.67. The van der Waals surface area contributed by atoms with Gasteiger partial charge in [-0.2, -0.15) is 0 Å². The minimum absolute atomic E-state index is 0.261. The lowest BCUT2D eigenvalue weighted by molar-refractivity contribution is 0.249. The average Bonchev–Trinajstić information content (AvgIpc) is 3.16. The third-order valence-electron chi connectivity index (χ3n) is 3.59. The molecule has 0 saturated carbocycles. The van der Waals surface area contributed by atoms with Crippen molar-refractivity contribution in [3.8, 4) is 17.3 Å². The normalized spacial score (nSPS) is 13.1. The first kappa shape index (κ1) is 14.3. The van der Waals surface area contributed by atoms with Crippen LogP contribution in [0.1, 0.15) is 0 Å². The number of anilines is 2. The van der Waals surface area contributed by atoms with Crippen molar-refractivity contribution >= 4 is 17.5 Å². The monoisotopic (exact) mass is 322 g/mol. The number of benzene rings is 1. The number of nitrogens with zero attached hydrogens (tertiary/aromatic N) is 3. The summed E-state index contributed by atoms with van der Waals surface area (Å²) in [6, 6.07) is 12.5. The number of nitrogens with one attached hydrogen (secondary N) is 1. The van der Waals surface area contributed by atoms with Gasteiger partial charge in [-0.1, -0.05) is 18.2 Å². The van der Waals surface area contributed by atoms with Gasteiger partial charge in [0.2, 0.25) is 5.89 Å². The molecule has 0 unspecified atom stereocenters. The number of hydrogen-bond acceptors (Lipinski definition) is 5. The summed E-state index contributed by atoms with van der Waals surface area (Å²) in [4.78, 5) is 22.7. The van der Waals surface area contributed by atoms with E-state index in [4.69, 9.17) is 9.15 Å². The first-order valence-corrected chi connectivity index (χ1v) is 7.48. The summed E-state index contributed by atoms with van der Waals surface area (Å²) < 4.78 is 10.9. The van der Waals surface area contributed by atoms with Crippen LogP contribution in [0.3, 0.4) is 0 Å². The second-order valence-electron chi connectivity index (χ2n) is 5.15. The first-order valence-electron chi connectivity index (χ1n) is 7.48. The molecule has 2 amide bonds. The molecule has 7 nitrogen and oxygen atoms in total. The number of hydrogen-bond donors (Lipinski definition) is 1. The highest BCUT2D eigenvalue weighted by molar-refractivity contribution is 6.02. The van der Waals surface area contributed by atoms with Crippen LogP contribution in [0.2, 0.25) is 0 Å². The van der Waals surface area contributed by atoms with Crippen molar-refractivity contribution in [2.75, 3.05) is 23.4 Å². The van der Waals surface area contributed by atoms with Gasteiger partial charge >= 0.3 is 6.03 Å². The number of carbonyl (C=O) groups excluding carboxylic acids is 1. The molecule has 0 atom stereocenters. The van der Waals surface area contributed by atoms with Gasteiger partial charge in [0.15, 0.2) is 11.6 Å².